The van der Waals surface area contributed by atoms with Gasteiger partial charge in [0, 0.05) is 31.1 Å². The lowest BCUT2D eigenvalue weighted by Crippen LogP contribution is -2.50. The van der Waals surface area contributed by atoms with Crippen LogP contribution in [-0.2, 0) is 14.4 Å². The summed E-state index contributed by atoms with van der Waals surface area (Å²) in [5, 5.41) is 12.2. The second-order valence-corrected chi connectivity index (χ2v) is 9.39. The molecule has 3 fully saturated rings. The molecular weight excluding hydrogens is 416 g/mol. The second kappa shape index (κ2) is 8.46. The van der Waals surface area contributed by atoms with Crippen molar-refractivity contribution in [3.63, 3.8) is 0 Å². The first kappa shape index (κ1) is 21.4. The summed E-state index contributed by atoms with van der Waals surface area (Å²) in [6.45, 7) is 2.08. The molecule has 0 radical (unpaired) electrons. The molecule has 0 bridgehead atoms. The molecule has 1 heterocycles. The molecule has 1 aliphatic heterocycles. The zero-order chi connectivity index (χ0) is 23.1. The highest BCUT2D eigenvalue weighted by Crippen LogP contribution is 2.50. The number of amides is 2. The molecule has 0 unspecified atom stereocenters. The van der Waals surface area contributed by atoms with Crippen LogP contribution < -0.4 is 16.0 Å². The summed E-state index contributed by atoms with van der Waals surface area (Å²) in [4.78, 5) is 39.6. The highest BCUT2D eigenvalue weighted by atomic mass is 16.2. The fourth-order valence-corrected chi connectivity index (χ4v) is 5.08. The van der Waals surface area contributed by atoms with E-state index in [1.165, 1.54) is 12.5 Å². The van der Waals surface area contributed by atoms with Crippen molar-refractivity contribution in [3.8, 4) is 0 Å². The van der Waals surface area contributed by atoms with Crippen molar-refractivity contribution < 1.29 is 19.8 Å². The van der Waals surface area contributed by atoms with Crippen LogP contribution in [0.4, 0.5) is 5.69 Å². The first-order valence-corrected chi connectivity index (χ1v) is 11.6. The molecule has 0 aromatic heterocycles. The van der Waals surface area contributed by atoms with Gasteiger partial charge in [-0.15, -0.1) is 0 Å². The Bertz CT molecular complexity index is 1120. The summed E-state index contributed by atoms with van der Waals surface area (Å²) in [7, 11) is 0. The fourth-order valence-electron chi connectivity index (χ4n) is 5.08. The van der Waals surface area contributed by atoms with E-state index in [4.69, 9.17) is 5.41 Å². The summed E-state index contributed by atoms with van der Waals surface area (Å²) in [5.74, 6) is 0.664. The number of Topliss-reactive ketones (excluding diaryl/α,β-unsaturated/α-hetero) is 1. The van der Waals surface area contributed by atoms with Crippen LogP contribution >= 0.6 is 0 Å². The van der Waals surface area contributed by atoms with Gasteiger partial charge in [-0.3, -0.25) is 19.8 Å². The molecular formula is C26H29N4O3+. The molecule has 2 amide bonds. The smallest absolute Gasteiger partial charge is 0.249 e. The minimum absolute atomic E-state index is 0.0358. The van der Waals surface area contributed by atoms with Gasteiger partial charge in [0.2, 0.25) is 23.3 Å². The van der Waals surface area contributed by atoms with Crippen molar-refractivity contribution in [3.05, 3.63) is 65.7 Å². The normalized spacial score (nSPS) is 26.8. The molecule has 33 heavy (non-hydrogen) atoms. The largest absolute Gasteiger partial charge is 0.375 e. The molecule has 2 aromatic rings. The zero-order valence-corrected chi connectivity index (χ0v) is 18.7. The Balaban J connectivity index is 1.21. The number of benzene rings is 2. The molecule has 1 saturated heterocycles. The van der Waals surface area contributed by atoms with Crippen LogP contribution in [0.1, 0.15) is 36.8 Å². The quantitative estimate of drug-likeness (QED) is 0.522. The highest BCUT2D eigenvalue weighted by molar-refractivity contribution is 6.43. The number of fused-ring (bicyclic) bond motifs is 1. The number of hydrogen-bond donors (Lipinski definition) is 3. The Morgan fingerprint density at radius 1 is 1.03 bits per heavy atom. The SMILES string of the molecule is CC(=O)C(=[NH2+])c1ccccc1NCC(=O)N1C[C@H]2C[C@H]2[C@H]1C(=O)N[C@H]1C[C@@H]1c1ccccc1. The summed E-state index contributed by atoms with van der Waals surface area (Å²) < 4.78 is 0. The van der Waals surface area contributed by atoms with Crippen LogP contribution in [0.3, 0.4) is 0 Å². The third-order valence-corrected chi connectivity index (χ3v) is 7.11. The highest BCUT2D eigenvalue weighted by Gasteiger charge is 2.57. The van der Waals surface area contributed by atoms with Crippen LogP contribution in [0, 0.1) is 11.8 Å². The molecule has 4 N–H and O–H groups in total. The lowest BCUT2D eigenvalue weighted by atomic mass is 10.1. The lowest BCUT2D eigenvalue weighted by Gasteiger charge is -2.27. The van der Waals surface area contributed by atoms with Gasteiger partial charge in [-0.2, -0.15) is 0 Å². The molecule has 5 atom stereocenters. The number of rotatable bonds is 8. The van der Waals surface area contributed by atoms with Gasteiger partial charge in [0.25, 0.3) is 0 Å². The van der Waals surface area contributed by atoms with Gasteiger partial charge < -0.3 is 15.5 Å². The van der Waals surface area contributed by atoms with Crippen molar-refractivity contribution in [1.82, 2.24) is 10.2 Å². The van der Waals surface area contributed by atoms with Crippen molar-refractivity contribution in [2.75, 3.05) is 18.4 Å². The fraction of sp³-hybridized carbons (Fsp3) is 0.385. The number of nitrogens with two attached hydrogens (primary N) is 1. The Kier molecular flexibility index (Phi) is 5.48. The Hall–Kier alpha value is -3.48. The molecule has 3 aliphatic rings. The van der Waals surface area contributed by atoms with Crippen LogP contribution in [0.15, 0.2) is 54.6 Å². The van der Waals surface area contributed by atoms with Gasteiger partial charge in [0.15, 0.2) is 0 Å². The van der Waals surface area contributed by atoms with Crippen LogP contribution in [0.5, 0.6) is 0 Å². The van der Waals surface area contributed by atoms with E-state index in [0.29, 0.717) is 29.6 Å². The number of ketones is 1. The van der Waals surface area contributed by atoms with Crippen LogP contribution in [0.2, 0.25) is 0 Å². The van der Waals surface area contributed by atoms with Crippen molar-refractivity contribution >= 4 is 29.0 Å². The first-order chi connectivity index (χ1) is 15.9. The van der Waals surface area contributed by atoms with Gasteiger partial charge in [-0.25, -0.2) is 0 Å². The topological polar surface area (TPSA) is 104 Å². The van der Waals surface area contributed by atoms with Gasteiger partial charge in [0.1, 0.15) is 6.04 Å². The third-order valence-electron chi connectivity index (χ3n) is 7.11. The summed E-state index contributed by atoms with van der Waals surface area (Å²) >= 11 is 0. The number of anilines is 1. The number of nitrogens with one attached hydrogen (secondary N) is 2. The van der Waals surface area contributed by atoms with Crippen molar-refractivity contribution in [2.45, 2.75) is 37.8 Å². The van der Waals surface area contributed by atoms with Gasteiger partial charge in [-0.1, -0.05) is 42.5 Å². The van der Waals surface area contributed by atoms with E-state index in [2.05, 4.69) is 22.8 Å². The zero-order valence-electron chi connectivity index (χ0n) is 18.7. The number of carbonyl (C=O) groups excluding carboxylic acids is 3. The number of piperidine rings is 1. The molecule has 7 nitrogen and oxygen atoms in total. The number of nitrogens with zero attached hydrogens (tertiary/aromatic N) is 1. The van der Waals surface area contributed by atoms with Crippen LogP contribution in [0.25, 0.3) is 0 Å². The van der Waals surface area contributed by atoms with E-state index in [1.807, 2.05) is 24.3 Å². The Morgan fingerprint density at radius 2 is 1.76 bits per heavy atom. The molecule has 170 valence electrons. The minimum atomic E-state index is -0.398. The third kappa shape index (κ3) is 4.27. The number of hydrogen-bond acceptors (Lipinski definition) is 4. The average Bonchev–Trinajstić information content (AvgIpc) is 3.74. The van der Waals surface area contributed by atoms with E-state index in [9.17, 15) is 14.4 Å². The maximum Gasteiger partial charge on any atom is 0.249 e. The molecule has 7 heteroatoms. The van der Waals surface area contributed by atoms with E-state index in [0.717, 1.165) is 12.8 Å². The first-order valence-electron chi connectivity index (χ1n) is 11.6. The van der Waals surface area contributed by atoms with Gasteiger partial charge >= 0.3 is 0 Å². The van der Waals surface area contributed by atoms with E-state index < -0.39 is 6.04 Å². The standard InChI is InChI=1S/C26H28N4O3/c1-15(31)24(27)18-9-5-6-10-21(18)28-13-23(32)30-14-17-11-20(17)25(30)26(33)29-22-12-19(22)16-7-3-2-4-8-16/h2-10,17,19-20,22,25,27-28H,11-14H2,1H3,(H,29,33)/p+1/t17-,19-,20-,22+,25+/m1/s1. The minimum Gasteiger partial charge on any atom is -0.375 e. The molecule has 2 aliphatic carbocycles. The van der Waals surface area contributed by atoms with Crippen LogP contribution in [-0.4, -0.2) is 53.4 Å². The Labute approximate surface area is 193 Å². The van der Waals surface area contributed by atoms with E-state index >= 15 is 0 Å². The summed E-state index contributed by atoms with van der Waals surface area (Å²) in [6.07, 6.45) is 1.95. The predicted molar refractivity (Wildman–Crippen MR) is 124 cm³/mol. The van der Waals surface area contributed by atoms with Crippen molar-refractivity contribution in [2.24, 2.45) is 11.8 Å². The summed E-state index contributed by atoms with van der Waals surface area (Å²) in [5.41, 5.74) is 2.61. The maximum atomic E-state index is 13.1. The molecule has 2 saturated carbocycles. The summed E-state index contributed by atoms with van der Waals surface area (Å²) in [6, 6.07) is 17.1. The maximum absolute atomic E-state index is 13.1. The monoisotopic (exact) mass is 445 g/mol. The van der Waals surface area contributed by atoms with Gasteiger partial charge in [0.05, 0.1) is 12.1 Å². The average molecular weight is 446 g/mol. The number of likely N-dealkylation sites (tertiary alicyclic amines) is 1. The van der Waals surface area contributed by atoms with Gasteiger partial charge in [-0.05, 0) is 42.4 Å². The number of carbonyl (C=O) groups is 3. The van der Waals surface area contributed by atoms with E-state index in [1.54, 1.807) is 23.1 Å². The van der Waals surface area contributed by atoms with Crippen molar-refractivity contribution in [1.29, 1.82) is 0 Å². The second-order valence-electron chi connectivity index (χ2n) is 9.39. The molecule has 0 spiro atoms. The lowest BCUT2D eigenvalue weighted by molar-refractivity contribution is -0.138. The predicted octanol–water partition coefficient (Wildman–Crippen LogP) is 0.755. The molecule has 5 rings (SSSR count). The molecule has 2 aromatic carbocycles. The Morgan fingerprint density at radius 3 is 2.52 bits per heavy atom. The number of para-hydroxylation sites is 1. The van der Waals surface area contributed by atoms with E-state index in [-0.39, 0.29) is 41.8 Å².